The van der Waals surface area contributed by atoms with Gasteiger partial charge < -0.3 is 10.4 Å². The van der Waals surface area contributed by atoms with Crippen molar-refractivity contribution >= 4 is 38.7 Å². The Labute approximate surface area is 133 Å². The minimum atomic E-state index is -0.645. The molecule has 0 fully saturated rings. The summed E-state index contributed by atoms with van der Waals surface area (Å²) in [6, 6.07) is 3.84. The van der Waals surface area contributed by atoms with E-state index in [2.05, 4.69) is 23.5 Å². The van der Waals surface area contributed by atoms with Gasteiger partial charge in [0.2, 0.25) is 5.91 Å². The van der Waals surface area contributed by atoms with Crippen molar-refractivity contribution < 1.29 is 9.90 Å². The second-order valence-electron chi connectivity index (χ2n) is 4.81. The molecule has 1 amide bonds. The number of rotatable bonds is 5. The largest absolute Gasteiger partial charge is 0.386 e. The number of benzene rings is 1. The monoisotopic (exact) mass is 314 g/mol. The summed E-state index contributed by atoms with van der Waals surface area (Å²) in [6.45, 7) is 10.6. The molecule has 22 heavy (non-hydrogen) atoms. The molecule has 5 heteroatoms. The normalized spacial score (nSPS) is 13.0. The minimum Gasteiger partial charge on any atom is -0.386 e. The van der Waals surface area contributed by atoms with E-state index in [-0.39, 0.29) is 5.91 Å². The van der Waals surface area contributed by atoms with Crippen LogP contribution in [0.2, 0.25) is 0 Å². The summed E-state index contributed by atoms with van der Waals surface area (Å²) in [7, 11) is 0. The number of hydrogen-bond acceptors (Lipinski definition) is 4. The highest BCUT2D eigenvalue weighted by Crippen LogP contribution is 2.36. The summed E-state index contributed by atoms with van der Waals surface area (Å²) in [5.41, 5.74) is 2.96. The van der Waals surface area contributed by atoms with Crippen LogP contribution in [0.1, 0.15) is 30.5 Å². The first-order chi connectivity index (χ1) is 10.5. The van der Waals surface area contributed by atoms with E-state index < -0.39 is 6.10 Å². The fraction of sp³-hybridized carbons (Fsp3) is 0.176. The number of carbonyl (C=O) groups is 1. The Kier molecular flexibility index (Phi) is 4.90. The maximum Gasteiger partial charge on any atom is 0.221 e. The van der Waals surface area contributed by atoms with Crippen LogP contribution in [-0.2, 0) is 4.79 Å². The maximum atomic E-state index is 11.6. The van der Waals surface area contributed by atoms with Gasteiger partial charge in [0, 0.05) is 12.5 Å². The fourth-order valence-electron chi connectivity index (χ4n) is 2.13. The molecule has 2 aromatic rings. The van der Waals surface area contributed by atoms with Crippen LogP contribution in [-0.4, -0.2) is 16.0 Å². The predicted molar refractivity (Wildman–Crippen MR) is 92.9 cm³/mol. The van der Waals surface area contributed by atoms with Gasteiger partial charge in [-0.05, 0) is 18.6 Å². The van der Waals surface area contributed by atoms with Crippen LogP contribution in [0.4, 0.5) is 5.69 Å². The number of fused-ring (bicyclic) bond motifs is 1. The summed E-state index contributed by atoms with van der Waals surface area (Å²) < 4.78 is 0.908. The number of aromatic nitrogens is 1. The highest BCUT2D eigenvalue weighted by Gasteiger charge is 2.16. The summed E-state index contributed by atoms with van der Waals surface area (Å²) >= 11 is 1.41. The Morgan fingerprint density at radius 3 is 2.73 bits per heavy atom. The minimum absolute atomic E-state index is 0.178. The number of allylic oxidation sites excluding steroid dienone is 4. The second-order valence-corrected chi connectivity index (χ2v) is 5.87. The molecule has 114 valence electrons. The van der Waals surface area contributed by atoms with Crippen LogP contribution >= 0.6 is 11.3 Å². The van der Waals surface area contributed by atoms with Gasteiger partial charge in [-0.3, -0.25) is 4.79 Å². The molecule has 2 N–H and O–H groups in total. The molecule has 1 heterocycles. The maximum absolute atomic E-state index is 11.6. The number of thiazole rings is 1. The second kappa shape index (κ2) is 6.68. The van der Waals surface area contributed by atoms with Crippen LogP contribution < -0.4 is 5.32 Å². The average Bonchev–Trinajstić information content (AvgIpc) is 2.90. The van der Waals surface area contributed by atoms with Crippen LogP contribution in [0, 0.1) is 0 Å². The number of carbonyl (C=O) groups excluding carboxylic acids is 1. The molecule has 1 unspecified atom stereocenters. The average molecular weight is 314 g/mol. The van der Waals surface area contributed by atoms with Crippen molar-refractivity contribution in [3.8, 4) is 0 Å². The van der Waals surface area contributed by atoms with Crippen molar-refractivity contribution in [2.75, 3.05) is 5.32 Å². The van der Waals surface area contributed by atoms with Crippen molar-refractivity contribution in [1.82, 2.24) is 4.98 Å². The van der Waals surface area contributed by atoms with Crippen LogP contribution in [0.25, 0.3) is 15.8 Å². The van der Waals surface area contributed by atoms with Crippen molar-refractivity contribution in [1.29, 1.82) is 0 Å². The lowest BCUT2D eigenvalue weighted by molar-refractivity contribution is -0.114. The molecule has 0 saturated heterocycles. The van der Waals surface area contributed by atoms with Crippen LogP contribution in [0.5, 0.6) is 0 Å². The molecule has 0 saturated carbocycles. The number of nitrogens with one attached hydrogen (secondary N) is 1. The Balaban J connectivity index is 2.75. The lowest BCUT2D eigenvalue weighted by Gasteiger charge is -2.11. The molecule has 2 rings (SSSR count). The number of anilines is 1. The van der Waals surface area contributed by atoms with Gasteiger partial charge >= 0.3 is 0 Å². The van der Waals surface area contributed by atoms with Gasteiger partial charge in [-0.25, -0.2) is 4.98 Å². The first-order valence-electron chi connectivity index (χ1n) is 6.82. The lowest BCUT2D eigenvalue weighted by Crippen LogP contribution is -2.08. The van der Waals surface area contributed by atoms with Gasteiger partial charge in [-0.1, -0.05) is 37.5 Å². The summed E-state index contributed by atoms with van der Waals surface area (Å²) in [6.07, 6.45) is 4.55. The van der Waals surface area contributed by atoms with Crippen molar-refractivity contribution in [2.24, 2.45) is 0 Å². The zero-order chi connectivity index (χ0) is 16.3. The van der Waals surface area contributed by atoms with E-state index in [9.17, 15) is 9.90 Å². The number of nitrogens with zero attached hydrogens (tertiary/aromatic N) is 1. The Bertz CT molecular complexity index is 772. The van der Waals surface area contributed by atoms with Crippen molar-refractivity contribution in [3.63, 3.8) is 0 Å². The van der Waals surface area contributed by atoms with Gasteiger partial charge in [0.15, 0.2) is 0 Å². The third-order valence-electron chi connectivity index (χ3n) is 3.06. The standard InChI is InChI=1S/C17H18N2O2S/c1-5-7-12(6-2)13-8-9-14-16(15(13)18-11(4)21)19-17(22-14)10(3)20/h5-10,20H,1-2H2,3-4H3,(H,18,21)/b12-7+. The summed E-state index contributed by atoms with van der Waals surface area (Å²) in [5, 5.41) is 13.2. The predicted octanol–water partition coefficient (Wildman–Crippen LogP) is 4.06. The number of amides is 1. The molecular formula is C17H18N2O2S. The number of hydrogen-bond donors (Lipinski definition) is 2. The quantitative estimate of drug-likeness (QED) is 0.818. The molecule has 1 aromatic carbocycles. The van der Waals surface area contributed by atoms with Crippen LogP contribution in [0.3, 0.4) is 0 Å². The molecule has 0 aliphatic rings. The van der Waals surface area contributed by atoms with E-state index in [1.165, 1.54) is 18.3 Å². The van der Waals surface area contributed by atoms with Crippen LogP contribution in [0.15, 0.2) is 43.5 Å². The SMILES string of the molecule is C=C/C=C(\C=C)c1ccc2sc(C(C)O)nc2c1NC(C)=O. The topological polar surface area (TPSA) is 62.2 Å². The molecule has 0 bridgehead atoms. The fourth-order valence-corrected chi connectivity index (χ4v) is 3.04. The Hall–Kier alpha value is -2.24. The van der Waals surface area contributed by atoms with E-state index in [1.54, 1.807) is 19.1 Å². The molecule has 4 nitrogen and oxygen atoms in total. The zero-order valence-corrected chi connectivity index (χ0v) is 13.4. The molecule has 1 aromatic heterocycles. The summed E-state index contributed by atoms with van der Waals surface area (Å²) in [4.78, 5) is 16.0. The highest BCUT2D eigenvalue weighted by molar-refractivity contribution is 7.18. The van der Waals surface area contributed by atoms with E-state index in [0.717, 1.165) is 15.8 Å². The lowest BCUT2D eigenvalue weighted by atomic mass is 10.0. The smallest absolute Gasteiger partial charge is 0.221 e. The number of aliphatic hydroxyl groups is 1. The van der Waals surface area contributed by atoms with Gasteiger partial charge in [-0.2, -0.15) is 0 Å². The molecule has 0 radical (unpaired) electrons. The number of aliphatic hydroxyl groups excluding tert-OH is 1. The zero-order valence-electron chi connectivity index (χ0n) is 12.6. The van der Waals surface area contributed by atoms with Gasteiger partial charge in [-0.15, -0.1) is 11.3 Å². The van der Waals surface area contributed by atoms with Crippen molar-refractivity contribution in [3.05, 3.63) is 54.1 Å². The van der Waals surface area contributed by atoms with Gasteiger partial charge in [0.25, 0.3) is 0 Å². The third kappa shape index (κ3) is 3.16. The van der Waals surface area contributed by atoms with E-state index in [1.807, 2.05) is 18.2 Å². The van der Waals surface area contributed by atoms with Gasteiger partial charge in [0.05, 0.1) is 10.4 Å². The van der Waals surface area contributed by atoms with Gasteiger partial charge in [0.1, 0.15) is 16.6 Å². The molecule has 0 aliphatic heterocycles. The van der Waals surface area contributed by atoms with E-state index in [0.29, 0.717) is 16.2 Å². The van der Waals surface area contributed by atoms with Crippen molar-refractivity contribution in [2.45, 2.75) is 20.0 Å². The first kappa shape index (κ1) is 16.1. The molecule has 0 spiro atoms. The Morgan fingerprint density at radius 1 is 1.45 bits per heavy atom. The highest BCUT2D eigenvalue weighted by atomic mass is 32.1. The molecule has 0 aliphatic carbocycles. The molecular weight excluding hydrogens is 296 g/mol. The van der Waals surface area contributed by atoms with E-state index >= 15 is 0 Å². The van der Waals surface area contributed by atoms with E-state index in [4.69, 9.17) is 0 Å². The third-order valence-corrected chi connectivity index (χ3v) is 4.26. The summed E-state index contributed by atoms with van der Waals surface area (Å²) in [5.74, 6) is -0.178. The molecule has 1 atom stereocenters. The first-order valence-corrected chi connectivity index (χ1v) is 7.64. The Morgan fingerprint density at radius 2 is 2.18 bits per heavy atom.